The van der Waals surface area contributed by atoms with Crippen LogP contribution < -0.4 is 10.6 Å². The lowest BCUT2D eigenvalue weighted by atomic mass is 9.87. The Morgan fingerprint density at radius 3 is 2.61 bits per heavy atom. The molecule has 0 radical (unpaired) electrons. The fourth-order valence-corrected chi connectivity index (χ4v) is 3.60. The Morgan fingerprint density at radius 2 is 2.04 bits per heavy atom. The Hall–Kier alpha value is -2.79. The quantitative estimate of drug-likeness (QED) is 0.679. The molecule has 0 fully saturated rings. The molecule has 7 nitrogen and oxygen atoms in total. The largest absolute Gasteiger partial charge is 0.465 e. The topological polar surface area (TPSA) is 108 Å². The molecule has 0 saturated heterocycles. The number of benzene rings is 1. The van der Waals surface area contributed by atoms with Gasteiger partial charge in [-0.15, -0.1) is 0 Å². The van der Waals surface area contributed by atoms with Crippen molar-refractivity contribution in [3.63, 3.8) is 0 Å². The fraction of sp³-hybridized carbons (Fsp3) is 0.400. The summed E-state index contributed by atoms with van der Waals surface area (Å²) in [4.78, 5) is 35.7. The molecular formula is C20H23N3O4S. The van der Waals surface area contributed by atoms with Gasteiger partial charge in [-0.3, -0.25) is 9.59 Å². The number of hydrogen-bond donors (Lipinski definition) is 2. The molecule has 0 aromatic heterocycles. The van der Waals surface area contributed by atoms with Gasteiger partial charge in [-0.2, -0.15) is 5.26 Å². The minimum atomic E-state index is -0.451. The Labute approximate surface area is 168 Å². The number of allylic oxidation sites excluding steroid dienone is 1. The van der Waals surface area contributed by atoms with Crippen LogP contribution in [0.5, 0.6) is 0 Å². The van der Waals surface area contributed by atoms with Crippen molar-refractivity contribution in [3.8, 4) is 6.07 Å². The molecule has 0 spiro atoms. The van der Waals surface area contributed by atoms with Crippen molar-refractivity contribution in [2.45, 2.75) is 26.2 Å². The van der Waals surface area contributed by atoms with Crippen molar-refractivity contribution in [3.05, 3.63) is 46.0 Å². The number of esters is 1. The highest BCUT2D eigenvalue weighted by molar-refractivity contribution is 8.03. The van der Waals surface area contributed by atoms with E-state index in [0.717, 1.165) is 17.3 Å². The van der Waals surface area contributed by atoms with Crippen LogP contribution in [0.2, 0.25) is 0 Å². The summed E-state index contributed by atoms with van der Waals surface area (Å²) >= 11 is 1.14. The van der Waals surface area contributed by atoms with E-state index >= 15 is 0 Å². The predicted octanol–water partition coefficient (Wildman–Crippen LogP) is 2.32. The molecule has 148 valence electrons. The first-order chi connectivity index (χ1) is 13.3. The number of nitrogens with zero attached hydrogens (tertiary/aromatic N) is 1. The molecule has 1 aliphatic heterocycles. The number of hydrogen-bond acceptors (Lipinski definition) is 6. The van der Waals surface area contributed by atoms with Gasteiger partial charge in [0.1, 0.15) is 0 Å². The van der Waals surface area contributed by atoms with Crippen LogP contribution in [0, 0.1) is 17.2 Å². The van der Waals surface area contributed by atoms with Crippen LogP contribution in [0.4, 0.5) is 0 Å². The number of carbonyl (C=O) groups is 3. The fourth-order valence-electron chi connectivity index (χ4n) is 2.69. The van der Waals surface area contributed by atoms with Gasteiger partial charge in [0.25, 0.3) is 0 Å². The van der Waals surface area contributed by atoms with Crippen LogP contribution in [0.1, 0.15) is 42.1 Å². The van der Waals surface area contributed by atoms with Crippen LogP contribution >= 0.6 is 11.8 Å². The number of rotatable bonds is 7. The molecule has 0 bridgehead atoms. The molecule has 1 heterocycles. The number of ether oxygens (including phenoxy) is 1. The molecule has 2 amide bonds. The SMILES string of the molecule is COC(=O)c1ccc([C@H]2CC(=O)NC(SCC(=O)NCC(C)C)=C2C#N)cc1. The normalized spacial score (nSPS) is 16.4. The number of methoxy groups -OCH3 is 1. The van der Waals surface area contributed by atoms with E-state index < -0.39 is 11.9 Å². The van der Waals surface area contributed by atoms with E-state index in [1.165, 1.54) is 7.11 Å². The van der Waals surface area contributed by atoms with Crippen LogP contribution in [0.15, 0.2) is 34.9 Å². The van der Waals surface area contributed by atoms with Crippen LogP contribution in [0.3, 0.4) is 0 Å². The van der Waals surface area contributed by atoms with Gasteiger partial charge in [0, 0.05) is 18.9 Å². The first kappa shape index (κ1) is 21.5. The second-order valence-electron chi connectivity index (χ2n) is 6.76. The molecule has 28 heavy (non-hydrogen) atoms. The summed E-state index contributed by atoms with van der Waals surface area (Å²) in [6.07, 6.45) is 0.129. The highest BCUT2D eigenvalue weighted by Gasteiger charge is 2.30. The third-order valence-electron chi connectivity index (χ3n) is 4.15. The number of nitriles is 1. The van der Waals surface area contributed by atoms with Crippen LogP contribution in [0.25, 0.3) is 0 Å². The van der Waals surface area contributed by atoms with Crippen molar-refractivity contribution >= 4 is 29.5 Å². The third-order valence-corrected chi connectivity index (χ3v) is 5.16. The standard InChI is InChI=1S/C20H23N3O4S/c1-12(2)10-22-18(25)11-28-19-16(9-21)15(8-17(24)23-19)13-4-6-14(7-5-13)20(26)27-3/h4-7,12,15H,8,10-11H2,1-3H3,(H,22,25)(H,23,24)/t15-/m1/s1. The summed E-state index contributed by atoms with van der Waals surface area (Å²) in [6.45, 7) is 4.58. The summed E-state index contributed by atoms with van der Waals surface area (Å²) in [6, 6.07) is 8.80. The molecule has 2 rings (SSSR count). The Kier molecular flexibility index (Phi) is 7.64. The van der Waals surface area contributed by atoms with E-state index in [1.807, 2.05) is 13.8 Å². The summed E-state index contributed by atoms with van der Waals surface area (Å²) in [5, 5.41) is 15.6. The highest BCUT2D eigenvalue weighted by Crippen LogP contribution is 2.35. The lowest BCUT2D eigenvalue weighted by molar-refractivity contribution is -0.121. The van der Waals surface area contributed by atoms with Gasteiger partial charge in [-0.25, -0.2) is 4.79 Å². The average molecular weight is 401 g/mol. The Balaban J connectivity index is 2.19. The first-order valence-corrected chi connectivity index (χ1v) is 9.86. The van der Waals surface area contributed by atoms with Gasteiger partial charge >= 0.3 is 5.97 Å². The van der Waals surface area contributed by atoms with Crippen molar-refractivity contribution in [1.82, 2.24) is 10.6 Å². The van der Waals surface area contributed by atoms with Crippen molar-refractivity contribution in [2.75, 3.05) is 19.4 Å². The second-order valence-corrected chi connectivity index (χ2v) is 7.75. The van der Waals surface area contributed by atoms with Gasteiger partial charge < -0.3 is 15.4 Å². The highest BCUT2D eigenvalue weighted by atomic mass is 32.2. The van der Waals surface area contributed by atoms with Gasteiger partial charge in [0.2, 0.25) is 11.8 Å². The van der Waals surface area contributed by atoms with Crippen LogP contribution in [-0.2, 0) is 14.3 Å². The van der Waals surface area contributed by atoms with Crippen LogP contribution in [-0.4, -0.2) is 37.2 Å². The number of nitrogens with one attached hydrogen (secondary N) is 2. The Morgan fingerprint density at radius 1 is 1.36 bits per heavy atom. The van der Waals surface area contributed by atoms with Crippen molar-refractivity contribution < 1.29 is 19.1 Å². The molecule has 0 unspecified atom stereocenters. The van der Waals surface area contributed by atoms with Crippen molar-refractivity contribution in [1.29, 1.82) is 5.26 Å². The number of carbonyl (C=O) groups excluding carboxylic acids is 3. The molecule has 1 atom stereocenters. The van der Waals surface area contributed by atoms with Gasteiger partial charge in [0.05, 0.1) is 35.1 Å². The Bertz CT molecular complexity index is 825. The molecule has 0 aliphatic carbocycles. The number of amides is 2. The zero-order valence-corrected chi connectivity index (χ0v) is 16.9. The van der Waals surface area contributed by atoms with E-state index in [1.54, 1.807) is 24.3 Å². The lowest BCUT2D eigenvalue weighted by Crippen LogP contribution is -2.33. The minimum Gasteiger partial charge on any atom is -0.465 e. The smallest absolute Gasteiger partial charge is 0.337 e. The maximum absolute atomic E-state index is 12.2. The van der Waals surface area contributed by atoms with Gasteiger partial charge in [-0.1, -0.05) is 37.7 Å². The first-order valence-electron chi connectivity index (χ1n) is 8.87. The van der Waals surface area contributed by atoms with Gasteiger partial charge in [0.15, 0.2) is 0 Å². The summed E-state index contributed by atoms with van der Waals surface area (Å²) in [7, 11) is 1.30. The van der Waals surface area contributed by atoms with Crippen molar-refractivity contribution in [2.24, 2.45) is 5.92 Å². The molecule has 1 aromatic rings. The summed E-state index contributed by atoms with van der Waals surface area (Å²) < 4.78 is 4.68. The maximum atomic E-state index is 12.2. The second kappa shape index (κ2) is 9.95. The lowest BCUT2D eigenvalue weighted by Gasteiger charge is -2.25. The predicted molar refractivity (Wildman–Crippen MR) is 106 cm³/mol. The molecule has 1 aromatic carbocycles. The van der Waals surface area contributed by atoms with E-state index in [-0.39, 0.29) is 24.0 Å². The number of thioether (sulfide) groups is 1. The van der Waals surface area contributed by atoms with E-state index in [4.69, 9.17) is 0 Å². The van der Waals surface area contributed by atoms with Gasteiger partial charge in [-0.05, 0) is 23.6 Å². The van der Waals surface area contributed by atoms with E-state index in [9.17, 15) is 19.6 Å². The summed E-state index contributed by atoms with van der Waals surface area (Å²) in [5.74, 6) is -0.788. The van der Waals surface area contributed by atoms with E-state index in [0.29, 0.717) is 28.6 Å². The zero-order chi connectivity index (χ0) is 20.7. The molecule has 0 saturated carbocycles. The molecule has 1 aliphatic rings. The molecular weight excluding hydrogens is 378 g/mol. The maximum Gasteiger partial charge on any atom is 0.337 e. The molecule has 8 heteroatoms. The zero-order valence-electron chi connectivity index (χ0n) is 16.1. The minimum absolute atomic E-state index is 0.113. The summed E-state index contributed by atoms with van der Waals surface area (Å²) in [5.41, 5.74) is 1.55. The monoisotopic (exact) mass is 401 g/mol. The average Bonchev–Trinajstić information content (AvgIpc) is 2.69. The van der Waals surface area contributed by atoms with E-state index in [2.05, 4.69) is 21.4 Å². The third kappa shape index (κ3) is 5.60. The molecule has 2 N–H and O–H groups in total.